The Kier molecular flexibility index (Phi) is 6.59. The summed E-state index contributed by atoms with van der Waals surface area (Å²) in [7, 11) is 1.66. The van der Waals surface area contributed by atoms with Crippen LogP contribution in [-0.4, -0.2) is 48.2 Å². The van der Waals surface area contributed by atoms with Crippen molar-refractivity contribution in [2.75, 3.05) is 38.6 Å². The van der Waals surface area contributed by atoms with Crippen molar-refractivity contribution in [2.45, 2.75) is 6.54 Å². The average Bonchev–Trinajstić information content (AvgIpc) is 2.65. The van der Waals surface area contributed by atoms with Gasteiger partial charge in [0.1, 0.15) is 5.75 Å². The minimum atomic E-state index is 0.592. The molecular formula is C19H21Cl2N3OS. The van der Waals surface area contributed by atoms with Gasteiger partial charge in [-0.3, -0.25) is 4.90 Å². The molecule has 7 heteroatoms. The molecule has 1 saturated heterocycles. The van der Waals surface area contributed by atoms with E-state index in [4.69, 9.17) is 40.2 Å². The Morgan fingerprint density at radius 2 is 1.85 bits per heavy atom. The predicted octanol–water partition coefficient (Wildman–Crippen LogP) is 4.52. The van der Waals surface area contributed by atoms with Crippen molar-refractivity contribution in [1.82, 2.24) is 9.80 Å². The number of rotatable bonds is 4. The van der Waals surface area contributed by atoms with Crippen molar-refractivity contribution in [1.29, 1.82) is 0 Å². The van der Waals surface area contributed by atoms with E-state index in [-0.39, 0.29) is 0 Å². The van der Waals surface area contributed by atoms with Crippen molar-refractivity contribution in [3.63, 3.8) is 0 Å². The Hall–Kier alpha value is -1.53. The van der Waals surface area contributed by atoms with Crippen LogP contribution in [0.15, 0.2) is 42.5 Å². The molecule has 0 aromatic heterocycles. The van der Waals surface area contributed by atoms with Crippen LogP contribution in [0.3, 0.4) is 0 Å². The van der Waals surface area contributed by atoms with Gasteiger partial charge in [-0.2, -0.15) is 0 Å². The number of nitrogens with one attached hydrogen (secondary N) is 1. The number of anilines is 1. The maximum Gasteiger partial charge on any atom is 0.173 e. The van der Waals surface area contributed by atoms with Gasteiger partial charge in [0.2, 0.25) is 0 Å². The van der Waals surface area contributed by atoms with Crippen molar-refractivity contribution in [3.8, 4) is 5.75 Å². The molecule has 1 heterocycles. The first kappa shape index (κ1) is 19.2. The number of hydrogen-bond donors (Lipinski definition) is 1. The zero-order chi connectivity index (χ0) is 18.5. The number of piperazine rings is 1. The molecule has 0 amide bonds. The number of ether oxygens (including phenoxy) is 1. The van der Waals surface area contributed by atoms with E-state index in [1.54, 1.807) is 7.11 Å². The molecule has 0 atom stereocenters. The molecule has 2 aromatic carbocycles. The van der Waals surface area contributed by atoms with Gasteiger partial charge >= 0.3 is 0 Å². The summed E-state index contributed by atoms with van der Waals surface area (Å²) >= 11 is 17.6. The van der Waals surface area contributed by atoms with Gasteiger partial charge in [-0.1, -0.05) is 35.3 Å². The second kappa shape index (κ2) is 8.91. The van der Waals surface area contributed by atoms with Crippen LogP contribution in [0, 0.1) is 0 Å². The third-order valence-corrected chi connectivity index (χ3v) is 5.47. The molecule has 1 aliphatic rings. The third kappa shape index (κ3) is 5.01. The fourth-order valence-electron chi connectivity index (χ4n) is 2.91. The van der Waals surface area contributed by atoms with Crippen LogP contribution >= 0.6 is 35.4 Å². The highest BCUT2D eigenvalue weighted by Crippen LogP contribution is 2.23. The minimum Gasteiger partial charge on any atom is -0.497 e. The summed E-state index contributed by atoms with van der Waals surface area (Å²) < 4.78 is 5.25. The molecule has 0 bridgehead atoms. The quantitative estimate of drug-likeness (QED) is 0.749. The fraction of sp³-hybridized carbons (Fsp3) is 0.316. The standard InChI is InChI=1S/C19H21Cl2N3OS/c1-25-16-4-2-3-15(12-16)22-19(26)24-9-7-23(8-10-24)13-14-5-6-17(20)18(21)11-14/h2-6,11-12H,7-10,13H2,1H3,(H,22,26). The van der Waals surface area contributed by atoms with Crippen LogP contribution in [0.25, 0.3) is 0 Å². The first-order valence-corrected chi connectivity index (χ1v) is 9.58. The molecule has 0 unspecified atom stereocenters. The highest BCUT2D eigenvalue weighted by Gasteiger charge is 2.19. The zero-order valence-corrected chi connectivity index (χ0v) is 16.9. The molecular weight excluding hydrogens is 389 g/mol. The maximum absolute atomic E-state index is 6.10. The average molecular weight is 410 g/mol. The molecule has 1 N–H and O–H groups in total. The Morgan fingerprint density at radius 3 is 2.54 bits per heavy atom. The van der Waals surface area contributed by atoms with Crippen LogP contribution in [0.1, 0.15) is 5.56 Å². The van der Waals surface area contributed by atoms with E-state index >= 15 is 0 Å². The third-order valence-electron chi connectivity index (χ3n) is 4.37. The van der Waals surface area contributed by atoms with Crippen molar-refractivity contribution in [2.24, 2.45) is 0 Å². The summed E-state index contributed by atoms with van der Waals surface area (Å²) in [5.41, 5.74) is 2.11. The Bertz CT molecular complexity index is 779. The van der Waals surface area contributed by atoms with Crippen molar-refractivity contribution in [3.05, 3.63) is 58.1 Å². The van der Waals surface area contributed by atoms with E-state index in [1.807, 2.05) is 42.5 Å². The number of halogens is 2. The van der Waals surface area contributed by atoms with Crippen molar-refractivity contribution < 1.29 is 4.74 Å². The molecule has 26 heavy (non-hydrogen) atoms. The Morgan fingerprint density at radius 1 is 1.08 bits per heavy atom. The minimum absolute atomic E-state index is 0.592. The number of hydrogen-bond acceptors (Lipinski definition) is 3. The van der Waals surface area contributed by atoms with E-state index < -0.39 is 0 Å². The largest absolute Gasteiger partial charge is 0.497 e. The Labute approximate surface area is 169 Å². The Balaban J connectivity index is 1.51. The summed E-state index contributed by atoms with van der Waals surface area (Å²) in [6.45, 7) is 4.52. The lowest BCUT2D eigenvalue weighted by Gasteiger charge is -2.36. The molecule has 4 nitrogen and oxygen atoms in total. The van der Waals surface area contributed by atoms with Crippen molar-refractivity contribution >= 4 is 46.2 Å². The summed E-state index contributed by atoms with van der Waals surface area (Å²) in [5, 5.41) is 5.23. The predicted molar refractivity (Wildman–Crippen MR) is 113 cm³/mol. The lowest BCUT2D eigenvalue weighted by Crippen LogP contribution is -2.49. The second-order valence-electron chi connectivity index (χ2n) is 6.17. The SMILES string of the molecule is COc1cccc(NC(=S)N2CCN(Cc3ccc(Cl)c(Cl)c3)CC2)c1. The fourth-order valence-corrected chi connectivity index (χ4v) is 3.53. The van der Waals surface area contributed by atoms with Gasteiger partial charge in [0, 0.05) is 44.5 Å². The van der Waals surface area contributed by atoms with Crippen LogP contribution in [0.5, 0.6) is 5.75 Å². The monoisotopic (exact) mass is 409 g/mol. The van der Waals surface area contributed by atoms with Crippen LogP contribution in [0.2, 0.25) is 10.0 Å². The van der Waals surface area contributed by atoms with Crippen LogP contribution in [0.4, 0.5) is 5.69 Å². The molecule has 3 rings (SSSR count). The van der Waals surface area contributed by atoms with Gasteiger partial charge < -0.3 is 15.0 Å². The summed E-state index contributed by atoms with van der Waals surface area (Å²) in [6.07, 6.45) is 0. The van der Waals surface area contributed by atoms with E-state index in [0.29, 0.717) is 10.0 Å². The van der Waals surface area contributed by atoms with Crippen LogP contribution in [-0.2, 0) is 6.54 Å². The van der Waals surface area contributed by atoms with Gasteiger partial charge in [-0.25, -0.2) is 0 Å². The number of methoxy groups -OCH3 is 1. The number of benzene rings is 2. The molecule has 1 aliphatic heterocycles. The smallest absolute Gasteiger partial charge is 0.173 e. The molecule has 0 radical (unpaired) electrons. The van der Waals surface area contributed by atoms with Gasteiger partial charge in [0.25, 0.3) is 0 Å². The molecule has 0 aliphatic carbocycles. The lowest BCUT2D eigenvalue weighted by molar-refractivity contribution is 0.177. The lowest BCUT2D eigenvalue weighted by atomic mass is 10.2. The first-order valence-electron chi connectivity index (χ1n) is 8.41. The number of thiocarbonyl (C=S) groups is 1. The van der Waals surface area contributed by atoms with Gasteiger partial charge in [-0.05, 0) is 42.0 Å². The number of nitrogens with zero attached hydrogens (tertiary/aromatic N) is 2. The van der Waals surface area contributed by atoms with Gasteiger partial charge in [0.15, 0.2) is 5.11 Å². The molecule has 138 valence electrons. The van der Waals surface area contributed by atoms with Crippen LogP contribution < -0.4 is 10.1 Å². The highest BCUT2D eigenvalue weighted by atomic mass is 35.5. The summed E-state index contributed by atoms with van der Waals surface area (Å²) in [4.78, 5) is 4.59. The van der Waals surface area contributed by atoms with E-state index in [9.17, 15) is 0 Å². The maximum atomic E-state index is 6.10. The molecule has 2 aromatic rings. The summed E-state index contributed by atoms with van der Waals surface area (Å²) in [6, 6.07) is 13.6. The molecule has 0 spiro atoms. The normalized spacial score (nSPS) is 15.0. The zero-order valence-electron chi connectivity index (χ0n) is 14.5. The van der Waals surface area contributed by atoms with Gasteiger partial charge in [-0.15, -0.1) is 0 Å². The first-order chi connectivity index (χ1) is 12.5. The van der Waals surface area contributed by atoms with E-state index in [1.165, 1.54) is 5.56 Å². The van der Waals surface area contributed by atoms with E-state index in [0.717, 1.165) is 49.3 Å². The molecule has 1 fully saturated rings. The second-order valence-corrected chi connectivity index (χ2v) is 7.37. The van der Waals surface area contributed by atoms with Gasteiger partial charge in [0.05, 0.1) is 17.2 Å². The highest BCUT2D eigenvalue weighted by molar-refractivity contribution is 7.80. The molecule has 0 saturated carbocycles. The summed E-state index contributed by atoms with van der Waals surface area (Å²) in [5.74, 6) is 0.809. The topological polar surface area (TPSA) is 27.7 Å². The van der Waals surface area contributed by atoms with E-state index in [2.05, 4.69) is 15.1 Å².